The SMILES string of the molecule is CCCCCCCCOc1ccc(/C=C2/SC(=S)N(NC(=O)c3cccnc3)C2=O)cc1. The van der Waals surface area contributed by atoms with E-state index in [2.05, 4.69) is 17.3 Å². The van der Waals surface area contributed by atoms with Gasteiger partial charge in [0, 0.05) is 12.4 Å². The Morgan fingerprint density at radius 3 is 2.62 bits per heavy atom. The molecule has 6 nitrogen and oxygen atoms in total. The van der Waals surface area contributed by atoms with Crippen LogP contribution in [-0.2, 0) is 4.79 Å². The van der Waals surface area contributed by atoms with Crippen LogP contribution in [0.25, 0.3) is 6.08 Å². The van der Waals surface area contributed by atoms with E-state index in [1.165, 1.54) is 38.3 Å². The number of benzene rings is 1. The van der Waals surface area contributed by atoms with Gasteiger partial charge in [0.1, 0.15) is 5.75 Å². The molecule has 1 aliphatic heterocycles. The van der Waals surface area contributed by atoms with Crippen molar-refractivity contribution in [2.45, 2.75) is 45.4 Å². The van der Waals surface area contributed by atoms with Crippen molar-refractivity contribution in [3.05, 3.63) is 64.8 Å². The van der Waals surface area contributed by atoms with Gasteiger partial charge in [0.05, 0.1) is 17.1 Å². The Morgan fingerprint density at radius 2 is 1.91 bits per heavy atom. The molecule has 0 unspecified atom stereocenters. The lowest BCUT2D eigenvalue weighted by Gasteiger charge is -2.15. The predicted octanol–water partition coefficient (Wildman–Crippen LogP) is 5.37. The Kier molecular flexibility index (Phi) is 9.25. The van der Waals surface area contributed by atoms with Crippen molar-refractivity contribution in [2.75, 3.05) is 6.61 Å². The van der Waals surface area contributed by atoms with Gasteiger partial charge < -0.3 is 4.74 Å². The summed E-state index contributed by atoms with van der Waals surface area (Å²) in [7, 11) is 0. The summed E-state index contributed by atoms with van der Waals surface area (Å²) in [5, 5.41) is 1.10. The fraction of sp³-hybridized carbons (Fsp3) is 0.333. The van der Waals surface area contributed by atoms with E-state index < -0.39 is 5.91 Å². The van der Waals surface area contributed by atoms with E-state index in [4.69, 9.17) is 17.0 Å². The largest absolute Gasteiger partial charge is 0.494 e. The molecule has 32 heavy (non-hydrogen) atoms. The third-order valence-electron chi connectivity index (χ3n) is 4.88. The first-order valence-electron chi connectivity index (χ1n) is 10.8. The zero-order valence-corrected chi connectivity index (χ0v) is 19.7. The number of thioether (sulfide) groups is 1. The molecular formula is C24H27N3O3S2. The van der Waals surface area contributed by atoms with Gasteiger partial charge in [-0.1, -0.05) is 62.9 Å². The first-order valence-corrected chi connectivity index (χ1v) is 12.0. The van der Waals surface area contributed by atoms with Crippen molar-refractivity contribution in [1.29, 1.82) is 0 Å². The first kappa shape index (κ1) is 23.9. The van der Waals surface area contributed by atoms with Crippen molar-refractivity contribution in [1.82, 2.24) is 15.4 Å². The third kappa shape index (κ3) is 6.90. The molecule has 1 saturated heterocycles. The van der Waals surface area contributed by atoms with Gasteiger partial charge in [-0.05, 0) is 54.5 Å². The number of carbonyl (C=O) groups excluding carboxylic acids is 2. The number of hydrogen-bond donors (Lipinski definition) is 1. The lowest BCUT2D eigenvalue weighted by Crippen LogP contribution is -2.44. The number of ether oxygens (including phenoxy) is 1. The van der Waals surface area contributed by atoms with Gasteiger partial charge in [0.15, 0.2) is 4.32 Å². The molecule has 0 spiro atoms. The number of pyridine rings is 1. The normalized spacial score (nSPS) is 14.8. The molecule has 168 valence electrons. The average Bonchev–Trinajstić information content (AvgIpc) is 3.07. The highest BCUT2D eigenvalue weighted by molar-refractivity contribution is 8.26. The number of rotatable bonds is 11. The second-order valence-corrected chi connectivity index (χ2v) is 9.06. The maximum absolute atomic E-state index is 12.7. The standard InChI is InChI=1S/C24H27N3O3S2/c1-2-3-4-5-6-7-15-30-20-12-10-18(11-13-20)16-21-23(29)27(24(31)32-21)26-22(28)19-9-8-14-25-17-19/h8-14,16-17H,2-7,15H2,1H3,(H,26,28)/b21-16+. The summed E-state index contributed by atoms with van der Waals surface area (Å²) in [4.78, 5) is 29.4. The number of hydrogen-bond acceptors (Lipinski definition) is 6. The van der Waals surface area contributed by atoms with Gasteiger partial charge in [-0.25, -0.2) is 0 Å². The number of aromatic nitrogens is 1. The lowest BCUT2D eigenvalue weighted by molar-refractivity contribution is -0.123. The molecule has 1 aliphatic rings. The van der Waals surface area contributed by atoms with E-state index in [1.807, 2.05) is 24.3 Å². The summed E-state index contributed by atoms with van der Waals surface area (Å²) in [5.74, 6) is 0.00939. The number of nitrogens with one attached hydrogen (secondary N) is 1. The van der Waals surface area contributed by atoms with Crippen LogP contribution in [0.2, 0.25) is 0 Å². The van der Waals surface area contributed by atoms with Crippen LogP contribution in [0.3, 0.4) is 0 Å². The Labute approximate surface area is 198 Å². The Balaban J connectivity index is 1.51. The highest BCUT2D eigenvalue weighted by Gasteiger charge is 2.33. The van der Waals surface area contributed by atoms with Crippen LogP contribution in [0.1, 0.15) is 61.4 Å². The molecule has 3 rings (SSSR count). The fourth-order valence-electron chi connectivity index (χ4n) is 3.11. The van der Waals surface area contributed by atoms with Gasteiger partial charge in [-0.15, -0.1) is 0 Å². The quantitative estimate of drug-likeness (QED) is 0.271. The molecule has 2 heterocycles. The van der Waals surface area contributed by atoms with Crippen molar-refractivity contribution in [3.8, 4) is 5.75 Å². The van der Waals surface area contributed by atoms with Crippen LogP contribution < -0.4 is 10.2 Å². The zero-order valence-electron chi connectivity index (χ0n) is 18.1. The van der Waals surface area contributed by atoms with Crippen LogP contribution in [-0.4, -0.2) is 32.7 Å². The fourth-order valence-corrected chi connectivity index (χ4v) is 4.29. The minimum atomic E-state index is -0.442. The predicted molar refractivity (Wildman–Crippen MR) is 132 cm³/mol. The molecule has 1 fully saturated rings. The molecule has 0 bridgehead atoms. The van der Waals surface area contributed by atoms with Crippen molar-refractivity contribution >= 4 is 46.2 Å². The van der Waals surface area contributed by atoms with Crippen molar-refractivity contribution < 1.29 is 14.3 Å². The van der Waals surface area contributed by atoms with Gasteiger partial charge in [0.25, 0.3) is 11.8 Å². The Morgan fingerprint density at radius 1 is 1.16 bits per heavy atom. The van der Waals surface area contributed by atoms with E-state index in [-0.39, 0.29) is 10.2 Å². The smallest absolute Gasteiger partial charge is 0.285 e. The van der Waals surface area contributed by atoms with E-state index in [9.17, 15) is 9.59 Å². The van der Waals surface area contributed by atoms with Crippen LogP contribution in [0.4, 0.5) is 0 Å². The van der Waals surface area contributed by atoms with Gasteiger partial charge in [-0.3, -0.25) is 20.0 Å². The van der Waals surface area contributed by atoms with Gasteiger partial charge in [-0.2, -0.15) is 5.01 Å². The Hall–Kier alpha value is -2.71. The highest BCUT2D eigenvalue weighted by Crippen LogP contribution is 2.31. The summed E-state index contributed by atoms with van der Waals surface area (Å²) >= 11 is 6.42. The molecule has 0 atom stereocenters. The number of nitrogens with zero attached hydrogens (tertiary/aromatic N) is 2. The van der Waals surface area contributed by atoms with Crippen LogP contribution in [0.15, 0.2) is 53.7 Å². The Bertz CT molecular complexity index is 962. The zero-order chi connectivity index (χ0) is 22.8. The summed E-state index contributed by atoms with van der Waals surface area (Å²) < 4.78 is 6.08. The monoisotopic (exact) mass is 469 g/mol. The maximum Gasteiger partial charge on any atom is 0.285 e. The second kappa shape index (κ2) is 12.4. The van der Waals surface area contributed by atoms with Crippen LogP contribution in [0, 0.1) is 0 Å². The van der Waals surface area contributed by atoms with E-state index in [0.29, 0.717) is 17.1 Å². The molecule has 0 saturated carbocycles. The molecule has 1 aromatic carbocycles. The summed E-state index contributed by atoms with van der Waals surface area (Å²) in [5.41, 5.74) is 3.75. The number of unbranched alkanes of at least 4 members (excludes halogenated alkanes) is 5. The lowest BCUT2D eigenvalue weighted by atomic mass is 10.1. The minimum absolute atomic E-state index is 0.275. The molecule has 1 N–H and O–H groups in total. The van der Waals surface area contributed by atoms with Crippen LogP contribution >= 0.6 is 24.0 Å². The van der Waals surface area contributed by atoms with E-state index >= 15 is 0 Å². The highest BCUT2D eigenvalue weighted by atomic mass is 32.2. The molecule has 8 heteroatoms. The van der Waals surface area contributed by atoms with Crippen LogP contribution in [0.5, 0.6) is 5.75 Å². The van der Waals surface area contributed by atoms with Crippen molar-refractivity contribution in [3.63, 3.8) is 0 Å². The van der Waals surface area contributed by atoms with E-state index in [1.54, 1.807) is 24.4 Å². The maximum atomic E-state index is 12.7. The molecule has 2 aromatic rings. The van der Waals surface area contributed by atoms with Gasteiger partial charge in [0.2, 0.25) is 0 Å². The van der Waals surface area contributed by atoms with Crippen molar-refractivity contribution in [2.24, 2.45) is 0 Å². The summed E-state index contributed by atoms with van der Waals surface area (Å²) in [6, 6.07) is 10.9. The second-order valence-electron chi connectivity index (χ2n) is 7.39. The van der Waals surface area contributed by atoms with E-state index in [0.717, 1.165) is 34.5 Å². The average molecular weight is 470 g/mol. The molecule has 2 amide bonds. The first-order chi connectivity index (χ1) is 15.6. The molecular weight excluding hydrogens is 442 g/mol. The number of hydrazine groups is 1. The van der Waals surface area contributed by atoms with Gasteiger partial charge >= 0.3 is 0 Å². The number of thiocarbonyl (C=S) groups is 1. The number of amides is 2. The molecule has 1 aromatic heterocycles. The summed E-state index contributed by atoms with van der Waals surface area (Å²) in [6.07, 6.45) is 12.1. The topological polar surface area (TPSA) is 71.5 Å². The third-order valence-corrected chi connectivity index (χ3v) is 6.18. The number of carbonyl (C=O) groups is 2. The molecule has 0 aliphatic carbocycles. The minimum Gasteiger partial charge on any atom is -0.494 e. The summed E-state index contributed by atoms with van der Waals surface area (Å²) in [6.45, 7) is 2.93. The molecule has 0 radical (unpaired) electrons.